The fourth-order valence-electron chi connectivity index (χ4n) is 2.03. The SMILES string of the molecule is COCCNS(=O)(=O)N1CCN(CC(C)CN)CC1. The van der Waals surface area contributed by atoms with Crippen molar-refractivity contribution in [3.63, 3.8) is 0 Å². The molecule has 1 heterocycles. The van der Waals surface area contributed by atoms with E-state index in [4.69, 9.17) is 10.5 Å². The third-order valence-corrected chi connectivity index (χ3v) is 4.85. The Hall–Kier alpha value is -0.250. The molecule has 1 fully saturated rings. The second-order valence-electron chi connectivity index (χ2n) is 4.93. The molecular weight excluding hydrogens is 268 g/mol. The summed E-state index contributed by atoms with van der Waals surface area (Å²) in [6.45, 7) is 6.97. The first kappa shape index (κ1) is 16.8. The number of ether oxygens (including phenoxy) is 1. The highest BCUT2D eigenvalue weighted by Gasteiger charge is 2.26. The van der Waals surface area contributed by atoms with Crippen LogP contribution in [0.4, 0.5) is 0 Å². The summed E-state index contributed by atoms with van der Waals surface area (Å²) in [5, 5.41) is 0. The maximum Gasteiger partial charge on any atom is 0.279 e. The van der Waals surface area contributed by atoms with Crippen LogP contribution in [0.3, 0.4) is 0 Å². The highest BCUT2D eigenvalue weighted by Crippen LogP contribution is 2.08. The number of hydrogen-bond acceptors (Lipinski definition) is 5. The smallest absolute Gasteiger partial charge is 0.279 e. The molecule has 7 nitrogen and oxygen atoms in total. The molecule has 3 N–H and O–H groups in total. The van der Waals surface area contributed by atoms with Crippen molar-refractivity contribution in [3.05, 3.63) is 0 Å². The maximum absolute atomic E-state index is 12.0. The van der Waals surface area contributed by atoms with E-state index >= 15 is 0 Å². The lowest BCUT2D eigenvalue weighted by Gasteiger charge is -2.35. The molecule has 1 atom stereocenters. The fraction of sp³-hybridized carbons (Fsp3) is 1.00. The highest BCUT2D eigenvalue weighted by atomic mass is 32.2. The Morgan fingerprint density at radius 1 is 1.32 bits per heavy atom. The van der Waals surface area contributed by atoms with Gasteiger partial charge < -0.3 is 15.4 Å². The Morgan fingerprint density at radius 2 is 1.95 bits per heavy atom. The Balaban J connectivity index is 2.36. The van der Waals surface area contributed by atoms with E-state index in [1.807, 2.05) is 0 Å². The third kappa shape index (κ3) is 5.72. The van der Waals surface area contributed by atoms with Crippen LogP contribution in [0, 0.1) is 5.92 Å². The minimum Gasteiger partial charge on any atom is -0.383 e. The van der Waals surface area contributed by atoms with Crippen molar-refractivity contribution in [3.8, 4) is 0 Å². The van der Waals surface area contributed by atoms with E-state index in [0.717, 1.165) is 19.6 Å². The minimum absolute atomic E-state index is 0.309. The molecule has 0 aromatic carbocycles. The van der Waals surface area contributed by atoms with Gasteiger partial charge >= 0.3 is 0 Å². The summed E-state index contributed by atoms with van der Waals surface area (Å²) >= 11 is 0. The first-order chi connectivity index (χ1) is 8.99. The Bertz CT molecular complexity index is 342. The van der Waals surface area contributed by atoms with Gasteiger partial charge in [0, 0.05) is 46.4 Å². The predicted molar refractivity (Wildman–Crippen MR) is 75.0 cm³/mol. The zero-order valence-electron chi connectivity index (χ0n) is 11.8. The molecule has 0 aliphatic carbocycles. The monoisotopic (exact) mass is 294 g/mol. The second kappa shape index (κ2) is 8.13. The number of piperazine rings is 1. The summed E-state index contributed by atoms with van der Waals surface area (Å²) in [7, 11) is -1.81. The number of methoxy groups -OCH3 is 1. The molecular formula is C11H26N4O3S. The van der Waals surface area contributed by atoms with E-state index in [0.29, 0.717) is 38.7 Å². The maximum atomic E-state index is 12.0. The fourth-order valence-corrected chi connectivity index (χ4v) is 3.20. The molecule has 0 bridgehead atoms. The minimum atomic E-state index is -3.36. The lowest BCUT2D eigenvalue weighted by molar-refractivity contribution is 0.167. The normalized spacial score (nSPS) is 20.6. The van der Waals surface area contributed by atoms with Gasteiger partial charge in [-0.3, -0.25) is 0 Å². The average molecular weight is 294 g/mol. The van der Waals surface area contributed by atoms with Crippen molar-refractivity contribution in [1.29, 1.82) is 0 Å². The summed E-state index contributed by atoms with van der Waals surface area (Å²) < 4.78 is 32.8. The summed E-state index contributed by atoms with van der Waals surface area (Å²) in [5.74, 6) is 0.447. The Kier molecular flexibility index (Phi) is 7.19. The highest BCUT2D eigenvalue weighted by molar-refractivity contribution is 7.87. The van der Waals surface area contributed by atoms with Gasteiger partial charge in [0.2, 0.25) is 0 Å². The molecule has 114 valence electrons. The van der Waals surface area contributed by atoms with Crippen molar-refractivity contribution in [1.82, 2.24) is 13.9 Å². The molecule has 1 saturated heterocycles. The zero-order valence-corrected chi connectivity index (χ0v) is 12.7. The van der Waals surface area contributed by atoms with Gasteiger partial charge in [0.25, 0.3) is 10.2 Å². The van der Waals surface area contributed by atoms with Gasteiger partial charge in [-0.15, -0.1) is 0 Å². The molecule has 0 spiro atoms. The number of nitrogens with zero attached hydrogens (tertiary/aromatic N) is 2. The summed E-state index contributed by atoms with van der Waals surface area (Å²) in [4.78, 5) is 2.26. The van der Waals surface area contributed by atoms with Crippen molar-refractivity contribution in [2.24, 2.45) is 11.7 Å². The third-order valence-electron chi connectivity index (χ3n) is 3.23. The number of nitrogens with two attached hydrogens (primary N) is 1. The van der Waals surface area contributed by atoms with Crippen LogP contribution >= 0.6 is 0 Å². The van der Waals surface area contributed by atoms with Gasteiger partial charge in [-0.25, -0.2) is 0 Å². The Labute approximate surface area is 116 Å². The van der Waals surface area contributed by atoms with Crippen LogP contribution in [0.2, 0.25) is 0 Å². The zero-order chi connectivity index (χ0) is 14.3. The van der Waals surface area contributed by atoms with Gasteiger partial charge in [0.1, 0.15) is 0 Å². The Morgan fingerprint density at radius 3 is 2.47 bits per heavy atom. The summed E-state index contributed by atoms with van der Waals surface area (Å²) in [6.07, 6.45) is 0. The number of nitrogens with one attached hydrogen (secondary N) is 1. The van der Waals surface area contributed by atoms with Crippen LogP contribution in [0.1, 0.15) is 6.92 Å². The van der Waals surface area contributed by atoms with E-state index in [1.165, 1.54) is 4.31 Å². The van der Waals surface area contributed by atoms with E-state index in [1.54, 1.807) is 7.11 Å². The number of rotatable bonds is 8. The van der Waals surface area contributed by atoms with Gasteiger partial charge in [-0.05, 0) is 12.5 Å². The molecule has 1 aliphatic rings. The first-order valence-electron chi connectivity index (χ1n) is 6.65. The molecule has 0 aromatic rings. The molecule has 8 heteroatoms. The van der Waals surface area contributed by atoms with Crippen molar-refractivity contribution < 1.29 is 13.2 Å². The van der Waals surface area contributed by atoms with E-state index in [2.05, 4.69) is 16.5 Å². The molecule has 1 unspecified atom stereocenters. The largest absolute Gasteiger partial charge is 0.383 e. The first-order valence-corrected chi connectivity index (χ1v) is 8.09. The van der Waals surface area contributed by atoms with Crippen LogP contribution < -0.4 is 10.5 Å². The van der Waals surface area contributed by atoms with Crippen molar-refractivity contribution >= 4 is 10.2 Å². The average Bonchev–Trinajstić information content (AvgIpc) is 2.39. The van der Waals surface area contributed by atoms with Crippen LogP contribution in [0.25, 0.3) is 0 Å². The van der Waals surface area contributed by atoms with Crippen molar-refractivity contribution in [2.45, 2.75) is 6.92 Å². The van der Waals surface area contributed by atoms with Crippen LogP contribution in [0.5, 0.6) is 0 Å². The lowest BCUT2D eigenvalue weighted by Crippen LogP contribution is -2.53. The van der Waals surface area contributed by atoms with Gasteiger partial charge in [-0.2, -0.15) is 17.4 Å². The van der Waals surface area contributed by atoms with Gasteiger partial charge in [0.15, 0.2) is 0 Å². The van der Waals surface area contributed by atoms with Gasteiger partial charge in [-0.1, -0.05) is 6.92 Å². The second-order valence-corrected chi connectivity index (χ2v) is 6.69. The topological polar surface area (TPSA) is 87.9 Å². The van der Waals surface area contributed by atoms with Crippen LogP contribution in [-0.2, 0) is 14.9 Å². The number of hydrogen-bond donors (Lipinski definition) is 2. The molecule has 0 saturated carbocycles. The van der Waals surface area contributed by atoms with Gasteiger partial charge in [0.05, 0.1) is 6.61 Å². The van der Waals surface area contributed by atoms with E-state index in [-0.39, 0.29) is 0 Å². The molecule has 0 radical (unpaired) electrons. The quantitative estimate of drug-likeness (QED) is 0.542. The standard InChI is InChI=1S/C11H26N4O3S/c1-11(9-12)10-14-4-6-15(7-5-14)19(16,17)13-3-8-18-2/h11,13H,3-10,12H2,1-2H3. The van der Waals surface area contributed by atoms with E-state index in [9.17, 15) is 8.42 Å². The molecule has 19 heavy (non-hydrogen) atoms. The van der Waals surface area contributed by atoms with Crippen LogP contribution in [-0.4, -0.2) is 77.2 Å². The molecule has 1 aliphatic heterocycles. The predicted octanol–water partition coefficient (Wildman–Crippen LogP) is -1.32. The summed E-state index contributed by atoms with van der Waals surface area (Å²) in [5.41, 5.74) is 5.60. The van der Waals surface area contributed by atoms with E-state index < -0.39 is 10.2 Å². The molecule has 1 rings (SSSR count). The van der Waals surface area contributed by atoms with Crippen molar-refractivity contribution in [2.75, 3.05) is 59.5 Å². The molecule has 0 amide bonds. The lowest BCUT2D eigenvalue weighted by atomic mass is 10.1. The summed E-state index contributed by atoms with van der Waals surface area (Å²) in [6, 6.07) is 0. The molecule has 0 aromatic heterocycles. The van der Waals surface area contributed by atoms with Crippen LogP contribution in [0.15, 0.2) is 0 Å².